The minimum absolute atomic E-state index is 0.653. The Hall–Kier alpha value is -0.0800. The lowest BCUT2D eigenvalue weighted by molar-refractivity contribution is 0.126. The Balaban J connectivity index is 0.000000260. The van der Waals surface area contributed by atoms with Crippen molar-refractivity contribution >= 4 is 0 Å². The van der Waals surface area contributed by atoms with E-state index < -0.39 is 0 Å². The van der Waals surface area contributed by atoms with Crippen LogP contribution in [-0.2, 0) is 9.47 Å². The summed E-state index contributed by atoms with van der Waals surface area (Å²) >= 11 is 0. The Morgan fingerprint density at radius 1 is 0.577 bits per heavy atom. The van der Waals surface area contributed by atoms with Crippen molar-refractivity contribution in [3.63, 3.8) is 0 Å². The van der Waals surface area contributed by atoms with Gasteiger partial charge in [-0.05, 0) is 19.3 Å². The van der Waals surface area contributed by atoms with E-state index in [0.29, 0.717) is 6.10 Å². The Kier molecular flexibility index (Phi) is 18.1. The first-order valence-corrected chi connectivity index (χ1v) is 12.1. The molecule has 0 aromatic carbocycles. The molecule has 0 aliphatic carbocycles. The van der Waals surface area contributed by atoms with Gasteiger partial charge in [-0.3, -0.25) is 0 Å². The van der Waals surface area contributed by atoms with Crippen LogP contribution in [0.25, 0.3) is 0 Å². The lowest BCUT2D eigenvalue weighted by atomic mass is 10.1. The van der Waals surface area contributed by atoms with Gasteiger partial charge < -0.3 is 9.47 Å². The van der Waals surface area contributed by atoms with E-state index >= 15 is 0 Å². The summed E-state index contributed by atoms with van der Waals surface area (Å²) in [6, 6.07) is 0. The van der Waals surface area contributed by atoms with Crippen LogP contribution in [0.3, 0.4) is 0 Å². The van der Waals surface area contributed by atoms with Crippen LogP contribution in [0.1, 0.15) is 129 Å². The van der Waals surface area contributed by atoms with Crippen molar-refractivity contribution < 1.29 is 9.47 Å². The summed E-state index contributed by atoms with van der Waals surface area (Å²) in [6.45, 7) is 5.31. The second-order valence-corrected chi connectivity index (χ2v) is 8.37. The van der Waals surface area contributed by atoms with Gasteiger partial charge in [0.2, 0.25) is 0 Å². The van der Waals surface area contributed by atoms with Crippen LogP contribution in [0.15, 0.2) is 0 Å². The van der Waals surface area contributed by atoms with Crippen LogP contribution < -0.4 is 0 Å². The molecule has 156 valence electrons. The second kappa shape index (κ2) is 19.7. The van der Waals surface area contributed by atoms with Gasteiger partial charge in [-0.1, -0.05) is 110 Å². The number of hydrogen-bond acceptors (Lipinski definition) is 2. The molecule has 2 fully saturated rings. The summed E-state index contributed by atoms with van der Waals surface area (Å²) in [5.74, 6) is 0. The molecule has 0 amide bonds. The monoisotopic (exact) mass is 368 g/mol. The van der Waals surface area contributed by atoms with Crippen LogP contribution in [0.4, 0.5) is 0 Å². The van der Waals surface area contributed by atoms with E-state index in [9.17, 15) is 0 Å². The largest absolute Gasteiger partial charge is 0.381 e. The number of hydrogen-bond donors (Lipinski definition) is 0. The quantitative estimate of drug-likeness (QED) is 0.305. The van der Waals surface area contributed by atoms with Gasteiger partial charge in [-0.15, -0.1) is 0 Å². The third-order valence-corrected chi connectivity index (χ3v) is 5.61. The first-order valence-electron chi connectivity index (χ1n) is 12.1. The molecular formula is C24H48O2. The molecule has 0 N–H and O–H groups in total. The topological polar surface area (TPSA) is 21.8 Å². The van der Waals surface area contributed by atoms with E-state index in [4.69, 9.17) is 9.47 Å². The number of ether oxygens (including phenoxy) is 2. The van der Waals surface area contributed by atoms with Gasteiger partial charge in [0, 0.05) is 13.2 Å². The third kappa shape index (κ3) is 18.7. The molecule has 26 heavy (non-hydrogen) atoms. The Labute approximate surface area is 164 Å². The maximum absolute atomic E-state index is 5.55. The molecule has 2 aliphatic heterocycles. The van der Waals surface area contributed by atoms with E-state index in [1.54, 1.807) is 0 Å². The fraction of sp³-hybridized carbons (Fsp3) is 1.00. The highest BCUT2D eigenvalue weighted by molar-refractivity contribution is 4.68. The van der Waals surface area contributed by atoms with Gasteiger partial charge in [0.05, 0.1) is 12.7 Å². The number of unbranched alkanes of at least 4 members (excludes halogenated alkanes) is 7. The lowest BCUT2D eigenvalue weighted by Crippen LogP contribution is -1.96. The molecule has 0 bridgehead atoms. The molecule has 1 unspecified atom stereocenters. The molecule has 2 nitrogen and oxygen atoms in total. The highest BCUT2D eigenvalue weighted by Crippen LogP contribution is 2.18. The third-order valence-electron chi connectivity index (χ3n) is 5.61. The fourth-order valence-electron chi connectivity index (χ4n) is 3.67. The van der Waals surface area contributed by atoms with Crippen molar-refractivity contribution in [3.8, 4) is 0 Å². The van der Waals surface area contributed by atoms with Crippen LogP contribution in [-0.4, -0.2) is 25.9 Å². The molecule has 2 heterocycles. The number of epoxide rings is 1. The average Bonchev–Trinajstić information content (AvgIpc) is 3.47. The molecule has 2 heteroatoms. The summed E-state index contributed by atoms with van der Waals surface area (Å²) in [4.78, 5) is 0. The zero-order valence-electron chi connectivity index (χ0n) is 18.0. The first kappa shape index (κ1) is 24.0. The predicted octanol–water partition coefficient (Wildman–Crippen LogP) is 7.83. The number of rotatable bonds is 9. The summed E-state index contributed by atoms with van der Waals surface area (Å²) in [7, 11) is 0. The highest BCUT2D eigenvalue weighted by atomic mass is 16.6. The molecule has 2 saturated heterocycles. The van der Waals surface area contributed by atoms with E-state index in [0.717, 1.165) is 19.8 Å². The predicted molar refractivity (Wildman–Crippen MR) is 114 cm³/mol. The molecule has 0 spiro atoms. The molecule has 2 aliphatic rings. The van der Waals surface area contributed by atoms with E-state index in [-0.39, 0.29) is 0 Å². The fourth-order valence-corrected chi connectivity index (χ4v) is 3.67. The zero-order valence-corrected chi connectivity index (χ0v) is 18.0. The average molecular weight is 369 g/mol. The standard InChI is InChI=1S/2C12H24O/c1-2-3-4-5-6-7-8-9-10-12-11-13-12;1-2-4-6-8-10-12-13-11-9-7-5-3-1/h12H,2-11H2,1H3;1-12H2. The molecule has 0 radical (unpaired) electrons. The van der Waals surface area contributed by atoms with Crippen LogP contribution >= 0.6 is 0 Å². The Morgan fingerprint density at radius 3 is 1.46 bits per heavy atom. The van der Waals surface area contributed by atoms with Crippen molar-refractivity contribution in [1.29, 1.82) is 0 Å². The molecule has 1 atom stereocenters. The minimum Gasteiger partial charge on any atom is -0.381 e. The zero-order chi connectivity index (χ0) is 18.5. The van der Waals surface area contributed by atoms with E-state index in [1.807, 2.05) is 0 Å². The highest BCUT2D eigenvalue weighted by Gasteiger charge is 2.20. The van der Waals surface area contributed by atoms with Crippen LogP contribution in [0.5, 0.6) is 0 Å². The van der Waals surface area contributed by atoms with Crippen molar-refractivity contribution in [2.45, 2.75) is 135 Å². The molecule has 0 aromatic heterocycles. The minimum atomic E-state index is 0.653. The summed E-state index contributed by atoms with van der Waals surface area (Å²) in [6.07, 6.45) is 27.3. The molecular weight excluding hydrogens is 320 g/mol. The van der Waals surface area contributed by atoms with Crippen molar-refractivity contribution in [2.75, 3.05) is 19.8 Å². The van der Waals surface area contributed by atoms with Crippen LogP contribution in [0, 0.1) is 0 Å². The lowest BCUT2D eigenvalue weighted by Gasteiger charge is -2.02. The second-order valence-electron chi connectivity index (χ2n) is 8.37. The maximum atomic E-state index is 5.55. The summed E-state index contributed by atoms with van der Waals surface area (Å²) < 4.78 is 10.7. The van der Waals surface area contributed by atoms with Crippen molar-refractivity contribution in [3.05, 3.63) is 0 Å². The van der Waals surface area contributed by atoms with Gasteiger partial charge in [-0.25, -0.2) is 0 Å². The summed E-state index contributed by atoms with van der Waals surface area (Å²) in [5, 5.41) is 0. The molecule has 2 rings (SSSR count). The molecule has 0 aromatic rings. The maximum Gasteiger partial charge on any atom is 0.0810 e. The SMILES string of the molecule is C1CCCCCCOCCCCC1.CCCCCCCCCCC1CO1. The van der Waals surface area contributed by atoms with Gasteiger partial charge in [0.25, 0.3) is 0 Å². The first-order chi connectivity index (χ1) is 12.9. The van der Waals surface area contributed by atoms with Crippen LogP contribution in [0.2, 0.25) is 0 Å². The molecule has 0 saturated carbocycles. The van der Waals surface area contributed by atoms with Gasteiger partial charge >= 0.3 is 0 Å². The smallest absolute Gasteiger partial charge is 0.0810 e. The van der Waals surface area contributed by atoms with Crippen molar-refractivity contribution in [2.24, 2.45) is 0 Å². The van der Waals surface area contributed by atoms with Gasteiger partial charge in [-0.2, -0.15) is 0 Å². The van der Waals surface area contributed by atoms with Gasteiger partial charge in [0.1, 0.15) is 0 Å². The Morgan fingerprint density at radius 2 is 1.00 bits per heavy atom. The van der Waals surface area contributed by atoms with Gasteiger partial charge in [0.15, 0.2) is 0 Å². The normalized spacial score (nSPS) is 22.3. The van der Waals surface area contributed by atoms with Crippen molar-refractivity contribution in [1.82, 2.24) is 0 Å². The summed E-state index contributed by atoms with van der Waals surface area (Å²) in [5.41, 5.74) is 0. The van der Waals surface area contributed by atoms with E-state index in [1.165, 1.54) is 122 Å². The Bertz CT molecular complexity index is 215. The van der Waals surface area contributed by atoms with E-state index in [2.05, 4.69) is 6.92 Å².